The Morgan fingerprint density at radius 1 is 1.24 bits per heavy atom. The fourth-order valence-corrected chi connectivity index (χ4v) is 3.56. The summed E-state index contributed by atoms with van der Waals surface area (Å²) in [6.45, 7) is 10.3. The molecule has 0 heterocycles. The zero-order valence-electron chi connectivity index (χ0n) is 11.8. The molecule has 0 aromatic rings. The van der Waals surface area contributed by atoms with E-state index in [9.17, 15) is 4.79 Å². The van der Waals surface area contributed by atoms with Crippen LogP contribution >= 0.6 is 0 Å². The van der Waals surface area contributed by atoms with Crippen LogP contribution in [0.25, 0.3) is 0 Å². The van der Waals surface area contributed by atoms with Crippen LogP contribution in [0.1, 0.15) is 59.8 Å². The van der Waals surface area contributed by atoms with Crippen molar-refractivity contribution < 1.29 is 4.79 Å². The number of carbonyl (C=O) groups is 1. The number of nitrogens with one attached hydrogen (secondary N) is 1. The molecule has 3 N–H and O–H groups in total. The summed E-state index contributed by atoms with van der Waals surface area (Å²) in [5.74, 6) is -0.198. The quantitative estimate of drug-likeness (QED) is 0.725. The average molecular weight is 240 g/mol. The van der Waals surface area contributed by atoms with Crippen LogP contribution in [0, 0.1) is 10.8 Å². The predicted octanol–water partition coefficient (Wildman–Crippen LogP) is 2.45. The Kier molecular flexibility index (Phi) is 4.59. The lowest BCUT2D eigenvalue weighted by Crippen LogP contribution is -2.44. The van der Waals surface area contributed by atoms with Crippen molar-refractivity contribution in [1.29, 1.82) is 0 Å². The van der Waals surface area contributed by atoms with E-state index < -0.39 is 0 Å². The highest BCUT2D eigenvalue weighted by Crippen LogP contribution is 2.45. The van der Waals surface area contributed by atoms with E-state index in [2.05, 4.69) is 33.0 Å². The van der Waals surface area contributed by atoms with Crippen LogP contribution in [0.5, 0.6) is 0 Å². The molecule has 0 radical (unpaired) electrons. The Hall–Kier alpha value is -0.570. The van der Waals surface area contributed by atoms with Gasteiger partial charge < -0.3 is 11.1 Å². The Balaban J connectivity index is 2.35. The molecule has 0 atom stereocenters. The Morgan fingerprint density at radius 3 is 2.24 bits per heavy atom. The predicted molar refractivity (Wildman–Crippen MR) is 71.6 cm³/mol. The highest BCUT2D eigenvalue weighted by Gasteiger charge is 2.37. The third-order valence-corrected chi connectivity index (χ3v) is 3.59. The second-order valence-electron chi connectivity index (χ2n) is 7.13. The first-order valence-electron chi connectivity index (χ1n) is 6.72. The third-order valence-electron chi connectivity index (χ3n) is 3.59. The van der Waals surface area contributed by atoms with E-state index in [1.807, 2.05) is 0 Å². The van der Waals surface area contributed by atoms with Crippen LogP contribution in [-0.4, -0.2) is 18.5 Å². The molecule has 0 spiro atoms. The van der Waals surface area contributed by atoms with Gasteiger partial charge in [0.2, 0.25) is 5.91 Å². The Bertz CT molecular complexity index is 255. The van der Waals surface area contributed by atoms with Crippen molar-refractivity contribution in [3.8, 4) is 0 Å². The van der Waals surface area contributed by atoms with Crippen LogP contribution in [0.3, 0.4) is 0 Å². The van der Waals surface area contributed by atoms with Crippen molar-refractivity contribution in [2.24, 2.45) is 16.6 Å². The largest absolute Gasteiger partial charge is 0.370 e. The monoisotopic (exact) mass is 240 g/mol. The molecule has 0 saturated heterocycles. The van der Waals surface area contributed by atoms with Crippen molar-refractivity contribution in [3.05, 3.63) is 0 Å². The molecule has 0 aromatic carbocycles. The zero-order valence-corrected chi connectivity index (χ0v) is 11.8. The number of rotatable bonds is 5. The van der Waals surface area contributed by atoms with Gasteiger partial charge >= 0.3 is 0 Å². The number of nitrogens with two attached hydrogens (primary N) is 1. The van der Waals surface area contributed by atoms with E-state index in [1.54, 1.807) is 0 Å². The number of carbonyl (C=O) groups excluding carboxylic acids is 1. The van der Waals surface area contributed by atoms with Gasteiger partial charge in [0.05, 0.1) is 0 Å². The van der Waals surface area contributed by atoms with Crippen molar-refractivity contribution in [3.63, 3.8) is 0 Å². The number of primary amides is 1. The molecule has 0 unspecified atom stereocenters. The summed E-state index contributed by atoms with van der Waals surface area (Å²) in [6, 6.07) is 0.585. The van der Waals surface area contributed by atoms with Gasteiger partial charge in [-0.1, -0.05) is 27.7 Å². The van der Waals surface area contributed by atoms with Crippen LogP contribution < -0.4 is 11.1 Å². The Morgan fingerprint density at radius 2 is 1.76 bits per heavy atom. The molecule has 1 fully saturated rings. The normalized spacial score (nSPS) is 23.5. The summed E-state index contributed by atoms with van der Waals surface area (Å²) in [5.41, 5.74) is 5.97. The molecular weight excluding hydrogens is 212 g/mol. The maximum atomic E-state index is 10.7. The van der Waals surface area contributed by atoms with Gasteiger partial charge in [-0.25, -0.2) is 0 Å². The van der Waals surface area contributed by atoms with Gasteiger partial charge in [-0.2, -0.15) is 0 Å². The summed E-state index contributed by atoms with van der Waals surface area (Å²) in [7, 11) is 0. The standard InChI is InChI=1S/C14H28N2O/c1-13(2)8-11(9-14(3,4)10-13)16-7-5-6-12(15)17/h11,16H,5-10H2,1-4H3,(H2,15,17). The van der Waals surface area contributed by atoms with E-state index in [4.69, 9.17) is 5.73 Å². The highest BCUT2D eigenvalue weighted by molar-refractivity contribution is 5.73. The molecular formula is C14H28N2O. The first kappa shape index (κ1) is 14.5. The van der Waals surface area contributed by atoms with Gasteiger partial charge in [0, 0.05) is 12.5 Å². The van der Waals surface area contributed by atoms with E-state index in [-0.39, 0.29) is 5.91 Å². The van der Waals surface area contributed by atoms with Crippen LogP contribution in [-0.2, 0) is 4.79 Å². The summed E-state index contributed by atoms with van der Waals surface area (Å²) in [5, 5.41) is 3.58. The summed E-state index contributed by atoms with van der Waals surface area (Å²) in [4.78, 5) is 10.7. The number of amides is 1. The summed E-state index contributed by atoms with van der Waals surface area (Å²) < 4.78 is 0. The lowest BCUT2D eigenvalue weighted by atomic mass is 9.63. The molecule has 0 aliphatic heterocycles. The van der Waals surface area contributed by atoms with E-state index in [0.29, 0.717) is 23.3 Å². The Labute approximate surface area is 106 Å². The van der Waals surface area contributed by atoms with Gasteiger partial charge in [0.1, 0.15) is 0 Å². The smallest absolute Gasteiger partial charge is 0.217 e. The third kappa shape index (κ3) is 5.53. The first-order chi connectivity index (χ1) is 7.70. The molecule has 1 amide bonds. The SMILES string of the molecule is CC1(C)CC(NCCCC(N)=O)CC(C)(C)C1. The van der Waals surface area contributed by atoms with E-state index in [1.165, 1.54) is 19.3 Å². The van der Waals surface area contributed by atoms with Crippen LogP contribution in [0.2, 0.25) is 0 Å². The topological polar surface area (TPSA) is 55.1 Å². The maximum Gasteiger partial charge on any atom is 0.217 e. The van der Waals surface area contributed by atoms with Crippen molar-refractivity contribution in [2.45, 2.75) is 65.8 Å². The summed E-state index contributed by atoms with van der Waals surface area (Å²) >= 11 is 0. The first-order valence-corrected chi connectivity index (χ1v) is 6.72. The molecule has 100 valence electrons. The molecule has 3 nitrogen and oxygen atoms in total. The minimum Gasteiger partial charge on any atom is -0.370 e. The van der Waals surface area contributed by atoms with E-state index >= 15 is 0 Å². The van der Waals surface area contributed by atoms with Crippen molar-refractivity contribution in [1.82, 2.24) is 5.32 Å². The second-order valence-corrected chi connectivity index (χ2v) is 7.13. The van der Waals surface area contributed by atoms with Crippen molar-refractivity contribution >= 4 is 5.91 Å². The van der Waals surface area contributed by atoms with Gasteiger partial charge in [-0.3, -0.25) is 4.79 Å². The molecule has 17 heavy (non-hydrogen) atoms. The minimum absolute atomic E-state index is 0.198. The fourth-order valence-electron chi connectivity index (χ4n) is 3.56. The molecule has 1 saturated carbocycles. The molecule has 3 heteroatoms. The summed E-state index contributed by atoms with van der Waals surface area (Å²) in [6.07, 6.45) is 5.10. The van der Waals surface area contributed by atoms with Gasteiger partial charge in [0.25, 0.3) is 0 Å². The highest BCUT2D eigenvalue weighted by atomic mass is 16.1. The van der Waals surface area contributed by atoms with Gasteiger partial charge in [-0.15, -0.1) is 0 Å². The number of hydrogen-bond donors (Lipinski definition) is 2. The van der Waals surface area contributed by atoms with Crippen LogP contribution in [0.15, 0.2) is 0 Å². The molecule has 1 rings (SSSR count). The zero-order chi connectivity index (χ0) is 13.1. The second kappa shape index (κ2) is 5.38. The van der Waals surface area contributed by atoms with E-state index in [0.717, 1.165) is 13.0 Å². The number of hydrogen-bond acceptors (Lipinski definition) is 2. The van der Waals surface area contributed by atoms with Gasteiger partial charge in [0.15, 0.2) is 0 Å². The van der Waals surface area contributed by atoms with Crippen LogP contribution in [0.4, 0.5) is 0 Å². The lowest BCUT2D eigenvalue weighted by molar-refractivity contribution is -0.118. The molecule has 0 aromatic heterocycles. The average Bonchev–Trinajstić information content (AvgIpc) is 2.06. The van der Waals surface area contributed by atoms with Crippen molar-refractivity contribution in [2.75, 3.05) is 6.54 Å². The molecule has 1 aliphatic rings. The molecule has 1 aliphatic carbocycles. The lowest BCUT2D eigenvalue weighted by Gasteiger charge is -2.45. The fraction of sp³-hybridized carbons (Fsp3) is 0.929. The minimum atomic E-state index is -0.198. The molecule has 0 bridgehead atoms. The maximum absolute atomic E-state index is 10.7. The van der Waals surface area contributed by atoms with Gasteiger partial charge in [-0.05, 0) is 43.1 Å².